The average Bonchev–Trinajstić information content (AvgIpc) is 2.75. The van der Waals surface area contributed by atoms with Crippen LogP contribution < -0.4 is 0 Å². The van der Waals surface area contributed by atoms with E-state index in [2.05, 4.69) is 56.2 Å². The lowest BCUT2D eigenvalue weighted by molar-refractivity contribution is -0.883. The minimum atomic E-state index is 0.320. The molecule has 1 heterocycles. The minimum Gasteiger partial charge on any atom is -0.508 e. The van der Waals surface area contributed by atoms with Crippen molar-refractivity contribution in [3.05, 3.63) is 65.9 Å². The molecule has 0 aliphatic carbocycles. The number of hydrogen-bond acceptors (Lipinski definition) is 1. The Balaban J connectivity index is 2.02. The first-order chi connectivity index (χ1) is 10.4. The van der Waals surface area contributed by atoms with E-state index in [1.807, 2.05) is 18.2 Å². The smallest absolute Gasteiger partial charge is 0.115 e. The predicted molar refractivity (Wildman–Crippen MR) is 90.9 cm³/mol. The molecule has 0 aliphatic heterocycles. The maximum atomic E-state index is 9.65. The van der Waals surface area contributed by atoms with Crippen molar-refractivity contribution >= 4 is 10.9 Å². The van der Waals surface area contributed by atoms with Crippen molar-refractivity contribution in [2.75, 3.05) is 21.1 Å². The Morgan fingerprint density at radius 3 is 2.50 bits per heavy atom. The molecule has 22 heavy (non-hydrogen) atoms. The van der Waals surface area contributed by atoms with Crippen LogP contribution in [0.5, 0.6) is 5.75 Å². The van der Waals surface area contributed by atoms with Crippen LogP contribution in [0, 0.1) is 0 Å². The Bertz CT molecular complexity index is 797. The van der Waals surface area contributed by atoms with Crippen LogP contribution >= 0.6 is 0 Å². The first-order valence-corrected chi connectivity index (χ1v) is 7.57. The molecule has 0 saturated carbocycles. The van der Waals surface area contributed by atoms with Gasteiger partial charge in [0.25, 0.3) is 0 Å². The van der Waals surface area contributed by atoms with E-state index in [0.717, 1.165) is 23.1 Å². The number of rotatable bonds is 4. The molecule has 1 aromatic heterocycles. The topological polar surface area (TPSA) is 25.2 Å². The first-order valence-electron chi connectivity index (χ1n) is 7.57. The molecule has 0 radical (unpaired) electrons. The summed E-state index contributed by atoms with van der Waals surface area (Å²) in [5.74, 6) is 0.320. The molecule has 1 N–H and O–H groups in total. The van der Waals surface area contributed by atoms with Gasteiger partial charge >= 0.3 is 0 Å². The fourth-order valence-electron chi connectivity index (χ4n) is 2.94. The number of phenols is 1. The van der Waals surface area contributed by atoms with Gasteiger partial charge in [-0.2, -0.15) is 0 Å². The highest BCUT2D eigenvalue weighted by Gasteiger charge is 2.15. The Labute approximate surface area is 131 Å². The quantitative estimate of drug-likeness (QED) is 0.731. The third-order valence-corrected chi connectivity index (χ3v) is 3.78. The van der Waals surface area contributed by atoms with Crippen molar-refractivity contribution < 1.29 is 9.59 Å². The van der Waals surface area contributed by atoms with Gasteiger partial charge in [0.05, 0.1) is 21.1 Å². The van der Waals surface area contributed by atoms with E-state index in [1.54, 1.807) is 6.07 Å². The summed E-state index contributed by atoms with van der Waals surface area (Å²) in [4.78, 5) is 0. The zero-order chi connectivity index (χ0) is 15.7. The van der Waals surface area contributed by atoms with Gasteiger partial charge in [-0.3, -0.25) is 0 Å². The molecule has 3 rings (SSSR count). The molecule has 0 saturated heterocycles. The van der Waals surface area contributed by atoms with Crippen molar-refractivity contribution in [3.63, 3.8) is 0 Å². The van der Waals surface area contributed by atoms with E-state index in [0.29, 0.717) is 5.75 Å². The third-order valence-electron chi connectivity index (χ3n) is 3.78. The van der Waals surface area contributed by atoms with Crippen LogP contribution in [-0.2, 0) is 13.1 Å². The molecular formula is C19H23N2O+. The van der Waals surface area contributed by atoms with E-state index in [-0.39, 0.29) is 0 Å². The summed E-state index contributed by atoms with van der Waals surface area (Å²) in [5, 5.41) is 11.0. The highest BCUT2D eigenvalue weighted by molar-refractivity contribution is 5.83. The lowest BCUT2D eigenvalue weighted by Crippen LogP contribution is -2.33. The largest absolute Gasteiger partial charge is 0.508 e. The first kappa shape index (κ1) is 14.7. The van der Waals surface area contributed by atoms with Crippen molar-refractivity contribution in [1.29, 1.82) is 0 Å². The van der Waals surface area contributed by atoms with Gasteiger partial charge in [-0.25, -0.2) is 0 Å². The van der Waals surface area contributed by atoms with Gasteiger partial charge in [-0.1, -0.05) is 30.3 Å². The van der Waals surface area contributed by atoms with E-state index < -0.39 is 0 Å². The second-order valence-corrected chi connectivity index (χ2v) is 6.92. The van der Waals surface area contributed by atoms with Crippen LogP contribution in [0.2, 0.25) is 0 Å². The van der Waals surface area contributed by atoms with E-state index in [4.69, 9.17) is 0 Å². The second-order valence-electron chi connectivity index (χ2n) is 6.92. The Hall–Kier alpha value is -2.26. The van der Waals surface area contributed by atoms with E-state index >= 15 is 0 Å². The van der Waals surface area contributed by atoms with Gasteiger partial charge in [0.15, 0.2) is 0 Å². The monoisotopic (exact) mass is 295 g/mol. The van der Waals surface area contributed by atoms with Crippen LogP contribution in [0.15, 0.2) is 54.7 Å². The summed E-state index contributed by atoms with van der Waals surface area (Å²) in [6.07, 6.45) is 2.25. The molecule has 2 aromatic carbocycles. The summed E-state index contributed by atoms with van der Waals surface area (Å²) in [6, 6.07) is 16.0. The molecule has 0 aliphatic rings. The van der Waals surface area contributed by atoms with Gasteiger partial charge in [-0.15, -0.1) is 0 Å². The van der Waals surface area contributed by atoms with Crippen molar-refractivity contribution in [1.82, 2.24) is 4.57 Å². The van der Waals surface area contributed by atoms with Crippen molar-refractivity contribution in [2.45, 2.75) is 13.1 Å². The van der Waals surface area contributed by atoms with Gasteiger partial charge in [0.2, 0.25) is 0 Å². The number of fused-ring (bicyclic) bond motifs is 1. The van der Waals surface area contributed by atoms with Gasteiger partial charge in [0.1, 0.15) is 12.3 Å². The molecular weight excluding hydrogens is 272 g/mol. The summed E-state index contributed by atoms with van der Waals surface area (Å²) in [5.41, 5.74) is 3.72. The number of phenolic OH excluding ortho intramolecular Hbond substituents is 1. The average molecular weight is 295 g/mol. The lowest BCUT2D eigenvalue weighted by atomic mass is 10.1. The molecule has 0 amide bonds. The number of quaternary nitrogens is 1. The molecule has 0 spiro atoms. The fraction of sp³-hybridized carbons (Fsp3) is 0.263. The predicted octanol–water partition coefficient (Wildman–Crippen LogP) is 3.60. The number of para-hydroxylation sites is 1. The van der Waals surface area contributed by atoms with Crippen LogP contribution in [-0.4, -0.2) is 35.3 Å². The Morgan fingerprint density at radius 2 is 1.77 bits per heavy atom. The lowest BCUT2D eigenvalue weighted by Gasteiger charge is -2.23. The third kappa shape index (κ3) is 3.15. The normalized spacial score (nSPS) is 12.0. The van der Waals surface area contributed by atoms with Crippen LogP contribution in [0.4, 0.5) is 0 Å². The standard InChI is InChI=1S/C19H22N2O/c1-21(2,3)14-16-13-20(19-10-5-4-9-18(16)19)12-15-7-6-8-17(22)11-15/h4-11,13H,12,14H2,1-3H3/p+1. The van der Waals surface area contributed by atoms with E-state index in [1.165, 1.54) is 16.5 Å². The summed E-state index contributed by atoms with van der Waals surface area (Å²) in [6.45, 7) is 1.76. The molecule has 3 nitrogen and oxygen atoms in total. The Kier molecular flexibility index (Phi) is 3.67. The number of hydrogen-bond donors (Lipinski definition) is 1. The molecule has 0 fully saturated rings. The highest BCUT2D eigenvalue weighted by Crippen LogP contribution is 2.25. The van der Waals surface area contributed by atoms with E-state index in [9.17, 15) is 5.11 Å². The number of aromatic hydroxyl groups is 1. The van der Waals surface area contributed by atoms with Crippen molar-refractivity contribution in [3.8, 4) is 5.75 Å². The molecule has 0 atom stereocenters. The second kappa shape index (κ2) is 5.50. The molecule has 0 unspecified atom stereocenters. The SMILES string of the molecule is C[N+](C)(C)Cc1cn(Cc2cccc(O)c2)c2ccccc12. The maximum Gasteiger partial charge on any atom is 0.115 e. The number of nitrogens with zero attached hydrogens (tertiary/aromatic N) is 2. The molecule has 0 bridgehead atoms. The van der Waals surface area contributed by atoms with Gasteiger partial charge < -0.3 is 14.2 Å². The Morgan fingerprint density at radius 1 is 1.00 bits per heavy atom. The minimum absolute atomic E-state index is 0.320. The fourth-order valence-corrected chi connectivity index (χ4v) is 2.94. The maximum absolute atomic E-state index is 9.65. The van der Waals surface area contributed by atoms with Gasteiger partial charge in [-0.05, 0) is 23.8 Å². The highest BCUT2D eigenvalue weighted by atomic mass is 16.3. The van der Waals surface area contributed by atoms with Crippen LogP contribution in [0.25, 0.3) is 10.9 Å². The molecule has 3 aromatic rings. The zero-order valence-electron chi connectivity index (χ0n) is 13.5. The number of aromatic nitrogens is 1. The summed E-state index contributed by atoms with van der Waals surface area (Å²) in [7, 11) is 6.63. The molecule has 3 heteroatoms. The van der Waals surface area contributed by atoms with Crippen molar-refractivity contribution in [2.24, 2.45) is 0 Å². The summed E-state index contributed by atoms with van der Waals surface area (Å²) >= 11 is 0. The van der Waals surface area contributed by atoms with Crippen LogP contribution in [0.1, 0.15) is 11.1 Å². The zero-order valence-corrected chi connectivity index (χ0v) is 13.5. The summed E-state index contributed by atoms with van der Waals surface area (Å²) < 4.78 is 3.18. The number of benzene rings is 2. The van der Waals surface area contributed by atoms with Gasteiger partial charge in [0, 0.05) is 29.2 Å². The molecule has 114 valence electrons. The van der Waals surface area contributed by atoms with Crippen LogP contribution in [0.3, 0.4) is 0 Å².